The molecule has 0 spiro atoms. The van der Waals surface area contributed by atoms with E-state index in [2.05, 4.69) is 0 Å². The molecule has 0 amide bonds. The second kappa shape index (κ2) is 7.61. The summed E-state index contributed by atoms with van der Waals surface area (Å²) in [6.07, 6.45) is 1.13. The molecule has 0 aliphatic rings. The van der Waals surface area contributed by atoms with Crippen molar-refractivity contribution in [3.05, 3.63) is 23.3 Å². The summed E-state index contributed by atoms with van der Waals surface area (Å²) in [6, 6.07) is 2.55. The maximum atomic E-state index is 12.0. The van der Waals surface area contributed by atoms with E-state index in [9.17, 15) is 16.8 Å². The molecule has 7 nitrogen and oxygen atoms in total. The summed E-state index contributed by atoms with van der Waals surface area (Å²) in [4.78, 5) is 0. The van der Waals surface area contributed by atoms with Crippen molar-refractivity contribution in [3.63, 3.8) is 0 Å². The third-order valence-electron chi connectivity index (χ3n) is 2.55. The van der Waals surface area contributed by atoms with E-state index in [-0.39, 0.29) is 34.9 Å². The van der Waals surface area contributed by atoms with Gasteiger partial charge in [-0.2, -0.15) is 16.8 Å². The number of hydrogen-bond acceptors (Lipinski definition) is 7. The second-order valence-electron chi connectivity index (χ2n) is 8.05. The molecule has 0 aromatic carbocycles. The van der Waals surface area contributed by atoms with Gasteiger partial charge in [0.05, 0.1) is 18.6 Å². The molecule has 0 saturated carbocycles. The van der Waals surface area contributed by atoms with E-state index < -0.39 is 20.2 Å². The van der Waals surface area contributed by atoms with Gasteiger partial charge in [0.25, 0.3) is 10.1 Å². The van der Waals surface area contributed by atoms with Crippen LogP contribution in [0.15, 0.2) is 27.1 Å². The van der Waals surface area contributed by atoms with Crippen LogP contribution in [0.4, 0.5) is 0 Å². The van der Waals surface area contributed by atoms with E-state index >= 15 is 0 Å². The van der Waals surface area contributed by atoms with Gasteiger partial charge in [-0.15, -0.1) is 0 Å². The van der Waals surface area contributed by atoms with Gasteiger partial charge in [-0.1, -0.05) is 41.5 Å². The van der Waals surface area contributed by atoms with Crippen LogP contribution in [0, 0.1) is 10.8 Å². The van der Waals surface area contributed by atoms with Gasteiger partial charge in [0.15, 0.2) is 0 Å². The lowest BCUT2D eigenvalue weighted by Crippen LogP contribution is -2.18. The van der Waals surface area contributed by atoms with Gasteiger partial charge >= 0.3 is 10.1 Å². The Labute approximate surface area is 150 Å². The summed E-state index contributed by atoms with van der Waals surface area (Å²) in [5.74, 6) is 0.0564. The Morgan fingerprint density at radius 1 is 0.920 bits per heavy atom. The molecule has 1 aromatic rings. The molecule has 144 valence electrons. The molecule has 9 heteroatoms. The quantitative estimate of drug-likeness (QED) is 0.653. The fourth-order valence-corrected chi connectivity index (χ4v) is 3.27. The number of furan rings is 1. The average Bonchev–Trinajstić information content (AvgIpc) is 2.90. The van der Waals surface area contributed by atoms with Gasteiger partial charge in [0, 0.05) is 0 Å². The molecule has 0 bridgehead atoms. The molecular weight excluding hydrogens is 368 g/mol. The van der Waals surface area contributed by atoms with Crippen LogP contribution in [0.25, 0.3) is 6.08 Å². The maximum absolute atomic E-state index is 12.0. The largest absolute Gasteiger partial charge is 0.443 e. The van der Waals surface area contributed by atoms with Crippen LogP contribution in [0.5, 0.6) is 0 Å². The van der Waals surface area contributed by atoms with Crippen LogP contribution in [-0.4, -0.2) is 30.0 Å². The molecule has 0 saturated heterocycles. The van der Waals surface area contributed by atoms with Gasteiger partial charge < -0.3 is 4.42 Å². The Morgan fingerprint density at radius 3 is 1.96 bits per heavy atom. The van der Waals surface area contributed by atoms with E-state index in [1.54, 1.807) is 0 Å². The van der Waals surface area contributed by atoms with E-state index in [4.69, 9.17) is 12.8 Å². The zero-order chi connectivity index (χ0) is 19.5. The van der Waals surface area contributed by atoms with Crippen LogP contribution in [0.3, 0.4) is 0 Å². The molecular formula is C16H26O7S2. The minimum Gasteiger partial charge on any atom is -0.443 e. The summed E-state index contributed by atoms with van der Waals surface area (Å²) in [7, 11) is -7.93. The SMILES string of the molecule is CC(C)(C)COS(=O)(=O)/C=C/c1ccc(S(=O)(=O)OCC(C)(C)C)o1. The fraction of sp³-hybridized carbons (Fsp3) is 0.625. The zero-order valence-corrected chi connectivity index (χ0v) is 17.0. The molecule has 0 aliphatic heterocycles. The lowest BCUT2D eigenvalue weighted by atomic mass is 9.99. The molecule has 1 aromatic heterocycles. The molecule has 1 rings (SSSR count). The van der Waals surface area contributed by atoms with Gasteiger partial charge in [-0.05, 0) is 29.0 Å². The lowest BCUT2D eigenvalue weighted by molar-refractivity contribution is 0.198. The number of rotatable bonds is 7. The van der Waals surface area contributed by atoms with Crippen molar-refractivity contribution >= 4 is 26.3 Å². The predicted octanol–water partition coefficient (Wildman–Crippen LogP) is 3.39. The van der Waals surface area contributed by atoms with Crippen molar-refractivity contribution in [2.45, 2.75) is 46.6 Å². The van der Waals surface area contributed by atoms with Crippen molar-refractivity contribution in [1.82, 2.24) is 0 Å². The highest BCUT2D eigenvalue weighted by atomic mass is 32.2. The second-order valence-corrected chi connectivity index (χ2v) is 11.1. The molecule has 1 heterocycles. The standard InChI is InChI=1S/C16H26O7S2/c1-15(2,3)11-21-24(17,18)10-9-13-7-8-14(23-13)25(19,20)22-12-16(4,5)6/h7-10H,11-12H2,1-6H3/b10-9+. The molecule has 0 unspecified atom stereocenters. The molecule has 0 radical (unpaired) electrons. The summed E-state index contributed by atoms with van der Waals surface area (Å²) in [6.45, 7) is 11.0. The maximum Gasteiger partial charge on any atom is 0.330 e. The zero-order valence-electron chi connectivity index (χ0n) is 15.4. The first-order valence-corrected chi connectivity index (χ1v) is 10.5. The third-order valence-corrected chi connectivity index (χ3v) is 4.61. The summed E-state index contributed by atoms with van der Waals surface area (Å²) < 4.78 is 62.5. The van der Waals surface area contributed by atoms with Crippen molar-refractivity contribution in [1.29, 1.82) is 0 Å². The molecule has 0 fully saturated rings. The van der Waals surface area contributed by atoms with E-state index in [1.165, 1.54) is 12.1 Å². The highest BCUT2D eigenvalue weighted by Crippen LogP contribution is 2.22. The van der Waals surface area contributed by atoms with Crippen LogP contribution >= 0.6 is 0 Å². The van der Waals surface area contributed by atoms with Crippen LogP contribution < -0.4 is 0 Å². The first-order valence-electron chi connectivity index (χ1n) is 7.67. The Balaban J connectivity index is 2.81. The normalized spacial score (nSPS) is 14.3. The molecule has 0 atom stereocenters. The average molecular weight is 395 g/mol. The monoisotopic (exact) mass is 394 g/mol. The van der Waals surface area contributed by atoms with Crippen LogP contribution in [-0.2, 0) is 28.6 Å². The van der Waals surface area contributed by atoms with Crippen molar-refractivity contribution < 1.29 is 29.6 Å². The van der Waals surface area contributed by atoms with Gasteiger partial charge in [-0.25, -0.2) is 0 Å². The molecule has 25 heavy (non-hydrogen) atoms. The van der Waals surface area contributed by atoms with Gasteiger partial charge in [-0.3, -0.25) is 8.37 Å². The highest BCUT2D eigenvalue weighted by molar-refractivity contribution is 7.89. The van der Waals surface area contributed by atoms with Crippen LogP contribution in [0.2, 0.25) is 0 Å². The van der Waals surface area contributed by atoms with E-state index in [1.807, 2.05) is 41.5 Å². The Hall–Kier alpha value is -1.16. The summed E-state index contributed by atoms with van der Waals surface area (Å²) in [5, 5.41) is 0.439. The van der Waals surface area contributed by atoms with Gasteiger partial charge in [0.1, 0.15) is 5.76 Å². The van der Waals surface area contributed by atoms with Crippen molar-refractivity contribution in [3.8, 4) is 0 Å². The van der Waals surface area contributed by atoms with E-state index in [0.29, 0.717) is 0 Å². The summed E-state index contributed by atoms with van der Waals surface area (Å²) in [5.41, 5.74) is -0.641. The Kier molecular flexibility index (Phi) is 6.66. The highest BCUT2D eigenvalue weighted by Gasteiger charge is 2.23. The fourth-order valence-electron chi connectivity index (χ4n) is 1.32. The van der Waals surface area contributed by atoms with Crippen molar-refractivity contribution in [2.75, 3.05) is 13.2 Å². The first-order chi connectivity index (χ1) is 11.1. The van der Waals surface area contributed by atoms with Crippen molar-refractivity contribution in [2.24, 2.45) is 10.8 Å². The minimum absolute atomic E-state index is 0.00374. The molecule has 0 aliphatic carbocycles. The Bertz CT molecular complexity index is 801. The molecule has 0 N–H and O–H groups in total. The Morgan fingerprint density at radius 2 is 1.44 bits per heavy atom. The smallest absolute Gasteiger partial charge is 0.330 e. The van der Waals surface area contributed by atoms with E-state index in [0.717, 1.165) is 11.5 Å². The van der Waals surface area contributed by atoms with Gasteiger partial charge in [0.2, 0.25) is 5.09 Å². The lowest BCUT2D eigenvalue weighted by Gasteiger charge is -2.16. The predicted molar refractivity (Wildman–Crippen MR) is 94.7 cm³/mol. The summed E-state index contributed by atoms with van der Waals surface area (Å²) >= 11 is 0. The number of hydrogen-bond donors (Lipinski definition) is 0. The topological polar surface area (TPSA) is 99.9 Å². The minimum atomic E-state index is -4.04. The third kappa shape index (κ3) is 8.66. The first kappa shape index (κ1) is 21.9. The van der Waals surface area contributed by atoms with Crippen LogP contribution in [0.1, 0.15) is 47.3 Å².